The molecule has 8 heteroatoms. The van der Waals surface area contributed by atoms with Crippen molar-refractivity contribution in [2.75, 3.05) is 51.3 Å². The number of aromatic nitrogens is 2. The molecule has 3 rings (SSSR count). The molecule has 1 N–H and O–H groups in total. The summed E-state index contributed by atoms with van der Waals surface area (Å²) in [5.41, 5.74) is 0.721. The number of carbonyl (C=O) groups excluding carboxylic acids is 2. The van der Waals surface area contributed by atoms with Gasteiger partial charge in [-0.25, -0.2) is 4.98 Å². The Bertz CT molecular complexity index is 791. The minimum absolute atomic E-state index is 0.0866. The summed E-state index contributed by atoms with van der Waals surface area (Å²) in [7, 11) is 1.62. The molecule has 2 aromatic heterocycles. The van der Waals surface area contributed by atoms with Crippen LogP contribution in [0.15, 0.2) is 42.7 Å². The third kappa shape index (κ3) is 5.04. The van der Waals surface area contributed by atoms with Crippen molar-refractivity contribution in [2.24, 2.45) is 0 Å². The topological polar surface area (TPSA) is 87.7 Å². The smallest absolute Gasteiger partial charge is 0.269 e. The van der Waals surface area contributed by atoms with Crippen LogP contribution >= 0.6 is 0 Å². The molecule has 2 aromatic rings. The highest BCUT2D eigenvalue weighted by molar-refractivity contribution is 5.98. The van der Waals surface area contributed by atoms with Gasteiger partial charge in [-0.3, -0.25) is 14.6 Å². The molecule has 0 atom stereocenters. The fraction of sp³-hybridized carbons (Fsp3) is 0.400. The van der Waals surface area contributed by atoms with E-state index in [1.165, 1.54) is 6.20 Å². The monoisotopic (exact) mass is 383 g/mol. The van der Waals surface area contributed by atoms with E-state index in [1.54, 1.807) is 30.3 Å². The average molecular weight is 383 g/mol. The zero-order valence-electron chi connectivity index (χ0n) is 16.0. The Labute approximate surface area is 164 Å². The summed E-state index contributed by atoms with van der Waals surface area (Å²) in [6.45, 7) is 3.74. The summed E-state index contributed by atoms with van der Waals surface area (Å²) in [6, 6.07) is 9.02. The van der Waals surface area contributed by atoms with Gasteiger partial charge in [0.1, 0.15) is 11.5 Å². The summed E-state index contributed by atoms with van der Waals surface area (Å²) in [6.07, 6.45) is 3.99. The van der Waals surface area contributed by atoms with E-state index in [-0.39, 0.29) is 17.5 Å². The Morgan fingerprint density at radius 3 is 2.64 bits per heavy atom. The van der Waals surface area contributed by atoms with Gasteiger partial charge >= 0.3 is 0 Å². The predicted molar refractivity (Wildman–Crippen MR) is 105 cm³/mol. The van der Waals surface area contributed by atoms with Crippen molar-refractivity contribution in [1.29, 1.82) is 0 Å². The largest absolute Gasteiger partial charge is 0.385 e. The van der Waals surface area contributed by atoms with E-state index in [1.807, 2.05) is 18.2 Å². The summed E-state index contributed by atoms with van der Waals surface area (Å²) in [5, 5.41) is 2.78. The first-order valence-corrected chi connectivity index (χ1v) is 9.37. The van der Waals surface area contributed by atoms with Crippen molar-refractivity contribution in [2.45, 2.75) is 6.42 Å². The number of nitrogens with zero attached hydrogens (tertiary/aromatic N) is 4. The molecular formula is C20H25N5O3. The summed E-state index contributed by atoms with van der Waals surface area (Å²) < 4.78 is 4.96. The molecule has 0 spiro atoms. The number of amides is 2. The van der Waals surface area contributed by atoms with Crippen LogP contribution in [0.2, 0.25) is 0 Å². The van der Waals surface area contributed by atoms with E-state index in [4.69, 9.17) is 4.74 Å². The number of carbonyl (C=O) groups is 2. The normalized spacial score (nSPS) is 14.0. The van der Waals surface area contributed by atoms with Gasteiger partial charge in [-0.05, 0) is 30.7 Å². The van der Waals surface area contributed by atoms with Crippen LogP contribution in [0.1, 0.15) is 27.3 Å². The van der Waals surface area contributed by atoms with Crippen molar-refractivity contribution in [3.8, 4) is 0 Å². The van der Waals surface area contributed by atoms with Crippen LogP contribution in [0.4, 0.5) is 5.82 Å². The van der Waals surface area contributed by atoms with Crippen LogP contribution < -0.4 is 10.2 Å². The van der Waals surface area contributed by atoms with Crippen LogP contribution in [-0.4, -0.2) is 73.1 Å². The zero-order chi connectivity index (χ0) is 19.8. The van der Waals surface area contributed by atoms with Crippen LogP contribution in [0.3, 0.4) is 0 Å². The molecule has 148 valence electrons. The fourth-order valence-electron chi connectivity index (χ4n) is 3.06. The zero-order valence-corrected chi connectivity index (χ0v) is 16.0. The van der Waals surface area contributed by atoms with Crippen LogP contribution in [0, 0.1) is 0 Å². The van der Waals surface area contributed by atoms with Gasteiger partial charge in [0, 0.05) is 64.4 Å². The number of rotatable bonds is 7. The Morgan fingerprint density at radius 2 is 1.93 bits per heavy atom. The number of hydrogen-bond donors (Lipinski definition) is 1. The first-order valence-electron chi connectivity index (χ1n) is 9.37. The minimum Gasteiger partial charge on any atom is -0.385 e. The van der Waals surface area contributed by atoms with E-state index in [0.717, 1.165) is 25.3 Å². The van der Waals surface area contributed by atoms with Crippen molar-refractivity contribution >= 4 is 17.6 Å². The van der Waals surface area contributed by atoms with Gasteiger partial charge in [-0.1, -0.05) is 6.07 Å². The highest BCUT2D eigenvalue weighted by Crippen LogP contribution is 2.14. The number of anilines is 1. The number of pyridine rings is 2. The van der Waals surface area contributed by atoms with Crippen LogP contribution in [0.5, 0.6) is 0 Å². The number of piperazine rings is 1. The molecule has 1 saturated heterocycles. The lowest BCUT2D eigenvalue weighted by molar-refractivity contribution is 0.0746. The fourth-order valence-corrected chi connectivity index (χ4v) is 3.06. The van der Waals surface area contributed by atoms with Gasteiger partial charge in [-0.2, -0.15) is 0 Å². The number of hydrogen-bond acceptors (Lipinski definition) is 6. The minimum atomic E-state index is -0.286. The molecule has 0 unspecified atom stereocenters. The number of ether oxygens (including phenoxy) is 1. The first kappa shape index (κ1) is 19.8. The Morgan fingerprint density at radius 1 is 1.11 bits per heavy atom. The van der Waals surface area contributed by atoms with Crippen molar-refractivity contribution in [3.05, 3.63) is 54.0 Å². The van der Waals surface area contributed by atoms with Crippen LogP contribution in [0.25, 0.3) is 0 Å². The lowest BCUT2D eigenvalue weighted by Gasteiger charge is -2.35. The Hall–Kier alpha value is -3.00. The van der Waals surface area contributed by atoms with E-state index in [2.05, 4.69) is 20.2 Å². The second-order valence-electron chi connectivity index (χ2n) is 6.50. The van der Waals surface area contributed by atoms with E-state index in [0.29, 0.717) is 31.8 Å². The van der Waals surface area contributed by atoms with Gasteiger partial charge in [0.25, 0.3) is 11.8 Å². The van der Waals surface area contributed by atoms with Crippen molar-refractivity contribution < 1.29 is 14.3 Å². The third-order valence-corrected chi connectivity index (χ3v) is 4.59. The standard InChI is InChI=1S/C20H25N5O3/c1-28-14-4-8-23-19(26)17-15-16(6-9-21-17)20(27)25-12-10-24(11-13-25)18-5-2-3-7-22-18/h2-3,5-7,9,15H,4,8,10-14H2,1H3,(H,23,26). The van der Waals surface area contributed by atoms with Gasteiger partial charge in [-0.15, -0.1) is 0 Å². The van der Waals surface area contributed by atoms with E-state index in [9.17, 15) is 9.59 Å². The summed E-state index contributed by atoms with van der Waals surface area (Å²) in [5.74, 6) is 0.549. The van der Waals surface area contributed by atoms with Gasteiger partial charge < -0.3 is 19.9 Å². The Balaban J connectivity index is 1.57. The maximum Gasteiger partial charge on any atom is 0.269 e. The van der Waals surface area contributed by atoms with Crippen LogP contribution in [-0.2, 0) is 4.74 Å². The number of methoxy groups -OCH3 is 1. The molecule has 0 aromatic carbocycles. The Kier molecular flexibility index (Phi) is 6.91. The molecule has 1 aliphatic heterocycles. The predicted octanol–water partition coefficient (Wildman–Crippen LogP) is 1.21. The maximum atomic E-state index is 12.8. The molecule has 3 heterocycles. The van der Waals surface area contributed by atoms with Gasteiger partial charge in [0.05, 0.1) is 0 Å². The van der Waals surface area contributed by atoms with E-state index >= 15 is 0 Å². The highest BCUT2D eigenvalue weighted by atomic mass is 16.5. The van der Waals surface area contributed by atoms with Gasteiger partial charge in [0.2, 0.25) is 0 Å². The lowest BCUT2D eigenvalue weighted by atomic mass is 10.1. The molecule has 1 fully saturated rings. The quantitative estimate of drug-likeness (QED) is 0.723. The molecule has 0 radical (unpaired) electrons. The van der Waals surface area contributed by atoms with Crippen molar-refractivity contribution in [1.82, 2.24) is 20.2 Å². The van der Waals surface area contributed by atoms with Crippen molar-refractivity contribution in [3.63, 3.8) is 0 Å². The van der Waals surface area contributed by atoms with E-state index < -0.39 is 0 Å². The SMILES string of the molecule is COCCCNC(=O)c1cc(C(=O)N2CCN(c3ccccn3)CC2)ccn1. The molecule has 2 amide bonds. The molecule has 28 heavy (non-hydrogen) atoms. The molecule has 0 bridgehead atoms. The second kappa shape index (κ2) is 9.80. The molecule has 1 aliphatic rings. The average Bonchev–Trinajstić information content (AvgIpc) is 2.77. The molecule has 8 nitrogen and oxygen atoms in total. The number of nitrogens with one attached hydrogen (secondary N) is 1. The lowest BCUT2D eigenvalue weighted by Crippen LogP contribution is -2.49. The molecular weight excluding hydrogens is 358 g/mol. The maximum absolute atomic E-state index is 12.8. The van der Waals surface area contributed by atoms with Gasteiger partial charge in [0.15, 0.2) is 0 Å². The molecule has 0 aliphatic carbocycles. The third-order valence-electron chi connectivity index (χ3n) is 4.59. The second-order valence-corrected chi connectivity index (χ2v) is 6.50. The molecule has 0 saturated carbocycles. The first-order chi connectivity index (χ1) is 13.7. The summed E-state index contributed by atoms with van der Waals surface area (Å²) in [4.78, 5) is 37.4. The highest BCUT2D eigenvalue weighted by Gasteiger charge is 2.23. The summed E-state index contributed by atoms with van der Waals surface area (Å²) >= 11 is 0.